The second kappa shape index (κ2) is 7.27. The van der Waals surface area contributed by atoms with Crippen molar-refractivity contribution in [2.75, 3.05) is 31.9 Å². The number of benzene rings is 1. The molecule has 4 heteroatoms. The predicted octanol–water partition coefficient (Wildman–Crippen LogP) is 2.83. The van der Waals surface area contributed by atoms with E-state index < -0.39 is 0 Å². The number of piperidine rings is 1. The number of halogens is 1. The van der Waals surface area contributed by atoms with Crippen LogP contribution >= 0.6 is 11.8 Å². The van der Waals surface area contributed by atoms with Crippen LogP contribution in [0.15, 0.2) is 29.2 Å². The van der Waals surface area contributed by atoms with Crippen molar-refractivity contribution in [3.05, 3.63) is 30.1 Å². The van der Waals surface area contributed by atoms with E-state index >= 15 is 0 Å². The van der Waals surface area contributed by atoms with Crippen molar-refractivity contribution in [3.63, 3.8) is 0 Å². The second-order valence-corrected chi connectivity index (χ2v) is 6.48. The van der Waals surface area contributed by atoms with E-state index in [0.29, 0.717) is 5.92 Å². The summed E-state index contributed by atoms with van der Waals surface area (Å²) in [6.45, 7) is 6.33. The van der Waals surface area contributed by atoms with Gasteiger partial charge < -0.3 is 10.6 Å². The monoisotopic (exact) mass is 282 g/mol. The fourth-order valence-electron chi connectivity index (χ4n) is 2.58. The van der Waals surface area contributed by atoms with Crippen LogP contribution < -0.4 is 5.73 Å². The van der Waals surface area contributed by atoms with Gasteiger partial charge in [-0.05, 0) is 43.5 Å². The van der Waals surface area contributed by atoms with E-state index in [1.807, 2.05) is 12.1 Å². The van der Waals surface area contributed by atoms with Crippen LogP contribution in [0.1, 0.15) is 13.3 Å². The van der Waals surface area contributed by atoms with Crippen LogP contribution in [0, 0.1) is 17.7 Å². The van der Waals surface area contributed by atoms with Crippen LogP contribution in [0.3, 0.4) is 0 Å². The van der Waals surface area contributed by atoms with Crippen molar-refractivity contribution in [1.82, 2.24) is 4.90 Å². The molecule has 2 N–H and O–H groups in total. The molecule has 1 aliphatic rings. The van der Waals surface area contributed by atoms with Crippen LogP contribution in [-0.2, 0) is 0 Å². The van der Waals surface area contributed by atoms with E-state index in [4.69, 9.17) is 5.73 Å². The maximum Gasteiger partial charge on any atom is 0.136 e. The number of nitrogens with two attached hydrogens (primary N) is 1. The van der Waals surface area contributed by atoms with Gasteiger partial charge in [0.2, 0.25) is 0 Å². The molecule has 0 bridgehead atoms. The van der Waals surface area contributed by atoms with Crippen molar-refractivity contribution in [2.45, 2.75) is 18.2 Å². The number of hydrogen-bond acceptors (Lipinski definition) is 3. The minimum absolute atomic E-state index is 0.111. The molecule has 0 aromatic heterocycles. The molecule has 2 atom stereocenters. The molecular weight excluding hydrogens is 259 g/mol. The first-order valence-electron chi connectivity index (χ1n) is 7.00. The predicted molar refractivity (Wildman–Crippen MR) is 79.9 cm³/mol. The third kappa shape index (κ3) is 4.20. The van der Waals surface area contributed by atoms with Gasteiger partial charge in [-0.25, -0.2) is 4.39 Å². The molecule has 106 valence electrons. The Morgan fingerprint density at radius 1 is 1.42 bits per heavy atom. The average molecular weight is 282 g/mol. The van der Waals surface area contributed by atoms with Gasteiger partial charge in [0.05, 0.1) is 0 Å². The van der Waals surface area contributed by atoms with Gasteiger partial charge in [-0.2, -0.15) is 0 Å². The van der Waals surface area contributed by atoms with E-state index in [0.717, 1.165) is 42.7 Å². The smallest absolute Gasteiger partial charge is 0.136 e. The van der Waals surface area contributed by atoms with Gasteiger partial charge in [0.15, 0.2) is 0 Å². The largest absolute Gasteiger partial charge is 0.330 e. The number of rotatable bonds is 5. The highest BCUT2D eigenvalue weighted by molar-refractivity contribution is 7.99. The Hall–Kier alpha value is -0.580. The Morgan fingerprint density at radius 2 is 2.21 bits per heavy atom. The van der Waals surface area contributed by atoms with Crippen molar-refractivity contribution >= 4 is 11.8 Å². The number of likely N-dealkylation sites (tertiary alicyclic amines) is 1. The highest BCUT2D eigenvalue weighted by atomic mass is 32.2. The van der Waals surface area contributed by atoms with Gasteiger partial charge in [0.25, 0.3) is 0 Å². The van der Waals surface area contributed by atoms with Crippen molar-refractivity contribution in [3.8, 4) is 0 Å². The molecule has 0 spiro atoms. The van der Waals surface area contributed by atoms with E-state index in [1.54, 1.807) is 17.8 Å². The number of nitrogens with zero attached hydrogens (tertiary/aromatic N) is 1. The summed E-state index contributed by atoms with van der Waals surface area (Å²) in [6, 6.07) is 6.99. The molecule has 1 aliphatic heterocycles. The number of thioether (sulfide) groups is 1. The van der Waals surface area contributed by atoms with Crippen LogP contribution in [0.2, 0.25) is 0 Å². The lowest BCUT2D eigenvalue weighted by Crippen LogP contribution is -2.43. The van der Waals surface area contributed by atoms with Crippen molar-refractivity contribution in [1.29, 1.82) is 0 Å². The molecule has 2 nitrogen and oxygen atoms in total. The summed E-state index contributed by atoms with van der Waals surface area (Å²) in [6.07, 6.45) is 1.23. The molecule has 19 heavy (non-hydrogen) atoms. The molecule has 0 radical (unpaired) electrons. The van der Waals surface area contributed by atoms with E-state index in [1.165, 1.54) is 12.5 Å². The molecule has 0 aliphatic carbocycles. The molecule has 2 unspecified atom stereocenters. The molecule has 2 rings (SSSR count). The van der Waals surface area contributed by atoms with Gasteiger partial charge in [0.1, 0.15) is 5.82 Å². The van der Waals surface area contributed by atoms with Crippen LogP contribution in [0.25, 0.3) is 0 Å². The third-order valence-electron chi connectivity index (χ3n) is 4.00. The molecule has 1 aromatic carbocycles. The number of hydrogen-bond donors (Lipinski definition) is 1. The second-order valence-electron chi connectivity index (χ2n) is 5.34. The van der Waals surface area contributed by atoms with E-state index in [-0.39, 0.29) is 5.82 Å². The van der Waals surface area contributed by atoms with Crippen LogP contribution in [0.5, 0.6) is 0 Å². The minimum atomic E-state index is -0.111. The summed E-state index contributed by atoms with van der Waals surface area (Å²) in [4.78, 5) is 3.22. The standard InChI is InChI=1S/C15H23FN2S/c1-12-6-7-18(11-13(12)10-17)8-9-19-15-5-3-2-4-14(15)16/h2-5,12-13H,6-11,17H2,1H3. The zero-order chi connectivity index (χ0) is 13.7. The lowest BCUT2D eigenvalue weighted by atomic mass is 9.87. The molecule has 0 saturated carbocycles. The van der Waals surface area contributed by atoms with E-state index in [2.05, 4.69) is 11.8 Å². The Balaban J connectivity index is 1.76. The van der Waals surface area contributed by atoms with Crippen LogP contribution in [0.4, 0.5) is 4.39 Å². The first kappa shape index (κ1) is 14.8. The summed E-state index contributed by atoms with van der Waals surface area (Å²) < 4.78 is 13.5. The van der Waals surface area contributed by atoms with Crippen molar-refractivity contribution in [2.24, 2.45) is 17.6 Å². The quantitative estimate of drug-likeness (QED) is 0.842. The minimum Gasteiger partial charge on any atom is -0.330 e. The topological polar surface area (TPSA) is 29.3 Å². The molecule has 1 saturated heterocycles. The molecule has 0 amide bonds. The highest BCUT2D eigenvalue weighted by Crippen LogP contribution is 2.24. The lowest BCUT2D eigenvalue weighted by Gasteiger charge is -2.36. The first-order chi connectivity index (χ1) is 9.20. The van der Waals surface area contributed by atoms with Gasteiger partial charge in [0, 0.05) is 23.7 Å². The first-order valence-corrected chi connectivity index (χ1v) is 7.99. The summed E-state index contributed by atoms with van der Waals surface area (Å²) in [5, 5.41) is 0. The van der Waals surface area contributed by atoms with Crippen LogP contribution in [-0.4, -0.2) is 36.8 Å². The van der Waals surface area contributed by atoms with Gasteiger partial charge >= 0.3 is 0 Å². The summed E-state index contributed by atoms with van der Waals surface area (Å²) in [7, 11) is 0. The Morgan fingerprint density at radius 3 is 2.95 bits per heavy atom. The molecule has 1 aromatic rings. The molecule has 1 heterocycles. The Bertz CT molecular complexity index is 399. The lowest BCUT2D eigenvalue weighted by molar-refractivity contribution is 0.139. The maximum absolute atomic E-state index is 13.5. The van der Waals surface area contributed by atoms with Gasteiger partial charge in [-0.15, -0.1) is 11.8 Å². The van der Waals surface area contributed by atoms with Gasteiger partial charge in [-0.3, -0.25) is 0 Å². The third-order valence-corrected chi connectivity index (χ3v) is 5.03. The average Bonchev–Trinajstić information content (AvgIpc) is 2.43. The highest BCUT2D eigenvalue weighted by Gasteiger charge is 2.24. The zero-order valence-electron chi connectivity index (χ0n) is 11.5. The zero-order valence-corrected chi connectivity index (χ0v) is 12.3. The molecular formula is C15H23FN2S. The van der Waals surface area contributed by atoms with Crippen molar-refractivity contribution < 1.29 is 4.39 Å². The Kier molecular flexibility index (Phi) is 5.67. The normalized spacial score (nSPS) is 24.6. The van der Waals surface area contributed by atoms with Gasteiger partial charge in [-0.1, -0.05) is 19.1 Å². The summed E-state index contributed by atoms with van der Waals surface area (Å²) >= 11 is 1.60. The maximum atomic E-state index is 13.5. The fourth-order valence-corrected chi connectivity index (χ4v) is 3.53. The van der Waals surface area contributed by atoms with E-state index in [9.17, 15) is 4.39 Å². The molecule has 1 fully saturated rings. The summed E-state index contributed by atoms with van der Waals surface area (Å²) in [5.41, 5.74) is 5.81. The summed E-state index contributed by atoms with van der Waals surface area (Å²) in [5.74, 6) is 2.18. The SMILES string of the molecule is CC1CCN(CCSc2ccccc2F)CC1CN. The Labute approximate surface area is 119 Å². The fraction of sp³-hybridized carbons (Fsp3) is 0.600.